The molecule has 0 aliphatic rings. The highest BCUT2D eigenvalue weighted by molar-refractivity contribution is 5.74. The smallest absolute Gasteiger partial charge is 0.320 e. The lowest BCUT2D eigenvalue weighted by Crippen LogP contribution is -2.36. The van der Waals surface area contributed by atoms with Crippen LogP contribution in [0.5, 0.6) is 5.75 Å². The van der Waals surface area contributed by atoms with Gasteiger partial charge < -0.3 is 26.8 Å². The number of aliphatic carboxylic acids is 2. The van der Waals surface area contributed by atoms with Crippen LogP contribution in [-0.2, 0) is 33.9 Å². The molecule has 0 saturated heterocycles. The fraction of sp³-hybridized carbons (Fsp3) is 0.556. The molecular weight excluding hydrogens is 384 g/mol. The summed E-state index contributed by atoms with van der Waals surface area (Å²) in [7, 11) is 0. The van der Waals surface area contributed by atoms with Crippen LogP contribution < -0.4 is 16.0 Å². The van der Waals surface area contributed by atoms with Gasteiger partial charge in [-0.2, -0.15) is 0 Å². The molecule has 162 valence electrons. The standard InChI is InChI=1S/C18H28N4O7/c19-14(17(24)25)5-1-2-7-22-9-12(4-3-6-21-11-29-28)13(16(23)10-22)8-15(20)18(26)27/h6,9-10,14-15H,1-5,7-8,11,19-20H2,(H3-,23,24,25,26,27,28)/p+1/b21-6+. The van der Waals surface area contributed by atoms with E-state index in [9.17, 15) is 14.7 Å². The van der Waals surface area contributed by atoms with Gasteiger partial charge in [0.25, 0.3) is 0 Å². The predicted molar refractivity (Wildman–Crippen MR) is 102 cm³/mol. The van der Waals surface area contributed by atoms with Gasteiger partial charge in [0, 0.05) is 30.2 Å². The Morgan fingerprint density at radius 3 is 2.48 bits per heavy atom. The van der Waals surface area contributed by atoms with Crippen LogP contribution >= 0.6 is 0 Å². The highest BCUT2D eigenvalue weighted by Crippen LogP contribution is 2.22. The van der Waals surface area contributed by atoms with Crippen LogP contribution in [0.1, 0.15) is 36.8 Å². The third-order valence-electron chi connectivity index (χ3n) is 4.35. The van der Waals surface area contributed by atoms with Gasteiger partial charge in [-0.3, -0.25) is 14.6 Å². The molecule has 1 heterocycles. The number of nitrogens with two attached hydrogens (primary N) is 2. The van der Waals surface area contributed by atoms with Gasteiger partial charge in [-0.05, 0) is 25.7 Å². The van der Waals surface area contributed by atoms with E-state index < -0.39 is 24.0 Å². The molecular formula is C18H29N4O7+. The largest absolute Gasteiger partial charge is 0.503 e. The third kappa shape index (κ3) is 8.96. The first kappa shape index (κ1) is 24.4. The van der Waals surface area contributed by atoms with Crippen molar-refractivity contribution in [2.75, 3.05) is 6.73 Å². The van der Waals surface area contributed by atoms with Crippen LogP contribution in [0, 0.1) is 0 Å². The van der Waals surface area contributed by atoms with E-state index in [0.29, 0.717) is 44.2 Å². The SMILES string of the molecule is NC(CCCC[n+]1cc(O)c(CC(N)C(=O)O)c(CC/C=N/COO)c1)C(=O)O. The van der Waals surface area contributed by atoms with Crippen molar-refractivity contribution in [1.29, 1.82) is 0 Å². The minimum atomic E-state index is -1.16. The number of carboxylic acids is 2. The van der Waals surface area contributed by atoms with Gasteiger partial charge in [-0.1, -0.05) is 0 Å². The molecule has 11 heteroatoms. The van der Waals surface area contributed by atoms with Crippen molar-refractivity contribution in [3.63, 3.8) is 0 Å². The number of aryl methyl sites for hydroxylation is 2. The topological polar surface area (TPSA) is 193 Å². The highest BCUT2D eigenvalue weighted by atomic mass is 17.1. The van der Waals surface area contributed by atoms with Gasteiger partial charge in [0.1, 0.15) is 18.6 Å². The fourth-order valence-corrected chi connectivity index (χ4v) is 2.78. The number of unbranched alkanes of at least 4 members (excludes halogenated alkanes) is 1. The summed E-state index contributed by atoms with van der Waals surface area (Å²) in [6.07, 6.45) is 7.40. The van der Waals surface area contributed by atoms with E-state index in [1.807, 2.05) is 0 Å². The predicted octanol–water partition coefficient (Wildman–Crippen LogP) is -0.333. The summed E-state index contributed by atoms with van der Waals surface area (Å²) in [4.78, 5) is 29.5. The van der Waals surface area contributed by atoms with E-state index in [4.69, 9.17) is 26.9 Å². The van der Waals surface area contributed by atoms with Gasteiger partial charge in [0.15, 0.2) is 18.7 Å². The van der Waals surface area contributed by atoms with Crippen LogP contribution in [0.3, 0.4) is 0 Å². The number of hydrogen-bond donors (Lipinski definition) is 6. The highest BCUT2D eigenvalue weighted by Gasteiger charge is 2.21. The van der Waals surface area contributed by atoms with Crippen LogP contribution in [0.4, 0.5) is 0 Å². The number of aliphatic imine (C=N–C) groups is 1. The quantitative estimate of drug-likeness (QED) is 0.0778. The number of rotatable bonds is 14. The second kappa shape index (κ2) is 12.8. The van der Waals surface area contributed by atoms with Gasteiger partial charge in [-0.25, -0.2) is 14.7 Å². The zero-order valence-corrected chi connectivity index (χ0v) is 16.1. The zero-order valence-electron chi connectivity index (χ0n) is 16.1. The molecule has 0 radical (unpaired) electrons. The average molecular weight is 413 g/mol. The third-order valence-corrected chi connectivity index (χ3v) is 4.35. The fourth-order valence-electron chi connectivity index (χ4n) is 2.78. The molecule has 0 aromatic carbocycles. The normalized spacial score (nSPS) is 13.5. The number of nitrogens with zero attached hydrogens (tertiary/aromatic N) is 2. The first-order chi connectivity index (χ1) is 13.8. The van der Waals surface area contributed by atoms with Crippen LogP contribution in [0.2, 0.25) is 0 Å². The molecule has 8 N–H and O–H groups in total. The Morgan fingerprint density at radius 1 is 1.17 bits per heavy atom. The summed E-state index contributed by atoms with van der Waals surface area (Å²) in [5, 5.41) is 36.5. The number of aromatic hydroxyl groups is 1. The van der Waals surface area contributed by atoms with Crippen LogP contribution in [0.15, 0.2) is 17.4 Å². The molecule has 0 bridgehead atoms. The molecule has 1 rings (SSSR count). The maximum absolute atomic E-state index is 11.1. The molecule has 0 amide bonds. The second-order valence-corrected chi connectivity index (χ2v) is 6.64. The summed E-state index contributed by atoms with van der Waals surface area (Å²) >= 11 is 0. The molecule has 0 aliphatic carbocycles. The van der Waals surface area contributed by atoms with E-state index in [2.05, 4.69) is 9.88 Å². The van der Waals surface area contributed by atoms with Crippen molar-refractivity contribution >= 4 is 18.2 Å². The molecule has 0 saturated carbocycles. The second-order valence-electron chi connectivity index (χ2n) is 6.64. The molecule has 0 fully saturated rings. The number of carbonyl (C=O) groups is 2. The Kier molecular flexibility index (Phi) is 10.8. The minimum absolute atomic E-state index is 0.0261. The minimum Gasteiger partial charge on any atom is -0.503 e. The van der Waals surface area contributed by atoms with Crippen molar-refractivity contribution in [2.45, 2.75) is 57.2 Å². The Morgan fingerprint density at radius 2 is 1.86 bits per heavy atom. The van der Waals surface area contributed by atoms with Crippen molar-refractivity contribution in [1.82, 2.24) is 0 Å². The number of carboxylic acid groups (broad SMARTS) is 2. The monoisotopic (exact) mass is 413 g/mol. The molecule has 0 aliphatic heterocycles. The molecule has 29 heavy (non-hydrogen) atoms. The van der Waals surface area contributed by atoms with Gasteiger partial charge in [0.05, 0.1) is 0 Å². The van der Waals surface area contributed by atoms with E-state index in [1.165, 1.54) is 6.20 Å². The Balaban J connectivity index is 2.87. The van der Waals surface area contributed by atoms with Crippen molar-refractivity contribution in [3.8, 4) is 5.75 Å². The Bertz CT molecular complexity index is 712. The molecule has 2 atom stereocenters. The first-order valence-corrected chi connectivity index (χ1v) is 9.21. The maximum Gasteiger partial charge on any atom is 0.320 e. The van der Waals surface area contributed by atoms with Crippen molar-refractivity contribution in [2.24, 2.45) is 16.5 Å². The van der Waals surface area contributed by atoms with Crippen molar-refractivity contribution < 1.29 is 39.6 Å². The van der Waals surface area contributed by atoms with Crippen LogP contribution in [-0.4, -0.2) is 57.5 Å². The number of aromatic nitrogens is 1. The summed E-state index contributed by atoms with van der Waals surface area (Å²) in [6, 6.07) is -2.05. The first-order valence-electron chi connectivity index (χ1n) is 9.21. The number of hydrogen-bond acceptors (Lipinski definition) is 8. The summed E-state index contributed by atoms with van der Waals surface area (Å²) < 4.78 is 1.76. The summed E-state index contributed by atoms with van der Waals surface area (Å²) in [5.41, 5.74) is 12.3. The zero-order chi connectivity index (χ0) is 21.8. The van der Waals surface area contributed by atoms with E-state index >= 15 is 0 Å². The maximum atomic E-state index is 11.1. The molecule has 1 aromatic rings. The Labute approximate surface area is 168 Å². The van der Waals surface area contributed by atoms with Gasteiger partial charge >= 0.3 is 11.9 Å². The summed E-state index contributed by atoms with van der Waals surface area (Å²) in [5.74, 6) is -2.26. The number of pyridine rings is 1. The Hall–Kier alpha value is -2.60. The molecule has 11 nitrogen and oxygen atoms in total. The lowest BCUT2D eigenvalue weighted by atomic mass is 9.98. The van der Waals surface area contributed by atoms with Crippen molar-refractivity contribution in [3.05, 3.63) is 23.5 Å². The molecule has 0 spiro atoms. The summed E-state index contributed by atoms with van der Waals surface area (Å²) in [6.45, 7) is 0.347. The van der Waals surface area contributed by atoms with E-state index in [-0.39, 0.29) is 18.9 Å². The lowest BCUT2D eigenvalue weighted by molar-refractivity contribution is -0.698. The average Bonchev–Trinajstić information content (AvgIpc) is 2.66. The molecule has 2 unspecified atom stereocenters. The van der Waals surface area contributed by atoms with Gasteiger partial charge in [0.2, 0.25) is 6.20 Å². The van der Waals surface area contributed by atoms with E-state index in [0.717, 1.165) is 5.56 Å². The lowest BCUT2D eigenvalue weighted by Gasteiger charge is -2.12. The van der Waals surface area contributed by atoms with Gasteiger partial charge in [-0.15, -0.1) is 0 Å². The van der Waals surface area contributed by atoms with E-state index in [1.54, 1.807) is 17.0 Å². The molecule has 1 aromatic heterocycles. The van der Waals surface area contributed by atoms with Crippen LogP contribution in [0.25, 0.3) is 0 Å².